The summed E-state index contributed by atoms with van der Waals surface area (Å²) < 4.78 is 55.8. The number of hydrogen-bond acceptors (Lipinski definition) is 7. The third-order valence-electron chi connectivity index (χ3n) is 9.29. The van der Waals surface area contributed by atoms with Gasteiger partial charge in [0.2, 0.25) is 11.7 Å². The molecular formula is C35H28Cl2F3N5O5. The van der Waals surface area contributed by atoms with Crippen LogP contribution in [0.25, 0.3) is 22.2 Å². The van der Waals surface area contributed by atoms with Crippen molar-refractivity contribution in [3.05, 3.63) is 105 Å². The normalized spacial score (nSPS) is 18.6. The minimum Gasteiger partial charge on any atom is -0.494 e. The Labute approximate surface area is 292 Å². The minimum absolute atomic E-state index is 0.00901. The number of nitrogens with one attached hydrogen (secondary N) is 1. The summed E-state index contributed by atoms with van der Waals surface area (Å²) in [6, 6.07) is 11.6. The van der Waals surface area contributed by atoms with Gasteiger partial charge in [0.25, 0.3) is 5.91 Å². The largest absolute Gasteiger partial charge is 0.494 e. The zero-order chi connectivity index (χ0) is 35.7. The van der Waals surface area contributed by atoms with Crippen LogP contribution in [0.2, 0.25) is 10.0 Å². The standard InChI is InChI=1S/C35H28Cl2F3N5O5/c1-33(32(41)47)16-50-30-22(33)13-25(43-29(30)21-7-8-23(39)27(37)26(21)36)35(48,19-3-5-20(38)6-4-19)15-42-31(46)17-11-18-14-45(34(40)9-10-34)44-28(18)24(12-17)49-2/h3-8,11-14,48H,9-10,15-16H2,1-2H3,(H2,41,47)(H,42,46)/t33-,35+/m0/s1. The van der Waals surface area contributed by atoms with E-state index in [-0.39, 0.29) is 56.8 Å². The van der Waals surface area contributed by atoms with Crippen LogP contribution in [0.1, 0.15) is 46.9 Å². The summed E-state index contributed by atoms with van der Waals surface area (Å²) in [5.74, 6) is -4.02. The van der Waals surface area contributed by atoms with Gasteiger partial charge in [-0.15, -0.1) is 0 Å². The summed E-state index contributed by atoms with van der Waals surface area (Å²) in [4.78, 5) is 31.2. The highest BCUT2D eigenvalue weighted by molar-refractivity contribution is 6.43. The fourth-order valence-corrected chi connectivity index (χ4v) is 6.40. The number of methoxy groups -OCH3 is 1. The van der Waals surface area contributed by atoms with Gasteiger partial charge in [0.1, 0.15) is 52.0 Å². The highest BCUT2D eigenvalue weighted by atomic mass is 35.5. The first-order chi connectivity index (χ1) is 23.7. The lowest BCUT2D eigenvalue weighted by atomic mass is 9.80. The summed E-state index contributed by atoms with van der Waals surface area (Å²) in [7, 11) is 1.40. The fourth-order valence-electron chi connectivity index (χ4n) is 5.99. The first kappa shape index (κ1) is 33.6. The second-order valence-corrected chi connectivity index (χ2v) is 13.4. The third-order valence-corrected chi connectivity index (χ3v) is 10.1. The number of carbonyl (C=O) groups is 2. The zero-order valence-corrected chi connectivity index (χ0v) is 28.0. The van der Waals surface area contributed by atoms with Gasteiger partial charge >= 0.3 is 0 Å². The van der Waals surface area contributed by atoms with Crippen molar-refractivity contribution in [1.82, 2.24) is 20.1 Å². The van der Waals surface area contributed by atoms with Crippen molar-refractivity contribution >= 4 is 45.9 Å². The number of amides is 2. The van der Waals surface area contributed by atoms with E-state index in [4.69, 9.17) is 38.4 Å². The highest BCUT2D eigenvalue weighted by Crippen LogP contribution is 2.49. The van der Waals surface area contributed by atoms with E-state index in [1.165, 1.54) is 54.4 Å². The maximum atomic E-state index is 14.8. The second kappa shape index (κ2) is 11.9. The Balaban J connectivity index is 1.34. The minimum atomic E-state index is -2.18. The number of fused-ring (bicyclic) bond motifs is 2. The number of halogens is 5. The van der Waals surface area contributed by atoms with Crippen molar-refractivity contribution < 1.29 is 37.3 Å². The topological polar surface area (TPSA) is 142 Å². The lowest BCUT2D eigenvalue weighted by molar-refractivity contribution is -0.123. The van der Waals surface area contributed by atoms with Crippen LogP contribution in [0, 0.1) is 11.6 Å². The molecule has 4 N–H and O–H groups in total. The van der Waals surface area contributed by atoms with Crippen LogP contribution < -0.4 is 20.5 Å². The second-order valence-electron chi connectivity index (χ2n) is 12.6. The summed E-state index contributed by atoms with van der Waals surface area (Å²) in [5, 5.41) is 19.4. The predicted octanol–water partition coefficient (Wildman–Crippen LogP) is 5.91. The molecule has 1 aliphatic carbocycles. The summed E-state index contributed by atoms with van der Waals surface area (Å²) >= 11 is 12.6. The Morgan fingerprint density at radius 2 is 1.84 bits per heavy atom. The number of rotatable bonds is 9. The molecule has 2 aromatic heterocycles. The number of alkyl halides is 1. The number of hydrogen-bond donors (Lipinski definition) is 3. The quantitative estimate of drug-likeness (QED) is 0.161. The highest BCUT2D eigenvalue weighted by Gasteiger charge is 2.47. The number of aliphatic hydroxyl groups is 1. The van der Waals surface area contributed by atoms with Crippen LogP contribution >= 0.6 is 23.2 Å². The summed E-state index contributed by atoms with van der Waals surface area (Å²) in [5.41, 5.74) is 3.09. The van der Waals surface area contributed by atoms with Gasteiger partial charge < -0.3 is 25.6 Å². The molecule has 2 atom stereocenters. The van der Waals surface area contributed by atoms with E-state index in [1.54, 1.807) is 6.92 Å². The van der Waals surface area contributed by atoms with Gasteiger partial charge in [0, 0.05) is 41.1 Å². The molecule has 0 saturated heterocycles. The molecule has 0 bridgehead atoms. The number of nitrogens with zero attached hydrogens (tertiary/aromatic N) is 3. The van der Waals surface area contributed by atoms with Crippen molar-refractivity contribution in [3.8, 4) is 22.8 Å². The number of pyridine rings is 1. The molecule has 50 heavy (non-hydrogen) atoms. The van der Waals surface area contributed by atoms with Gasteiger partial charge in [-0.3, -0.25) is 9.59 Å². The predicted molar refractivity (Wildman–Crippen MR) is 178 cm³/mol. The number of ether oxygens (including phenoxy) is 2. The molecule has 258 valence electrons. The molecule has 15 heteroatoms. The van der Waals surface area contributed by atoms with E-state index < -0.39 is 51.8 Å². The molecule has 1 aliphatic heterocycles. The third kappa shape index (κ3) is 5.40. The molecule has 5 aromatic rings. The van der Waals surface area contributed by atoms with Gasteiger partial charge in [0.05, 0.1) is 29.4 Å². The lowest BCUT2D eigenvalue weighted by Gasteiger charge is -2.30. The van der Waals surface area contributed by atoms with Crippen molar-refractivity contribution in [2.45, 2.75) is 36.6 Å². The van der Waals surface area contributed by atoms with Gasteiger partial charge in [-0.2, -0.15) is 5.10 Å². The Bertz CT molecular complexity index is 2230. The van der Waals surface area contributed by atoms with Crippen LogP contribution in [0.15, 0.2) is 60.8 Å². The van der Waals surface area contributed by atoms with Crippen molar-refractivity contribution in [3.63, 3.8) is 0 Å². The molecule has 0 spiro atoms. The van der Waals surface area contributed by atoms with E-state index in [0.717, 1.165) is 18.2 Å². The van der Waals surface area contributed by atoms with Crippen LogP contribution in [0.5, 0.6) is 11.5 Å². The summed E-state index contributed by atoms with van der Waals surface area (Å²) in [6.07, 6.45) is 2.14. The van der Waals surface area contributed by atoms with E-state index in [0.29, 0.717) is 23.7 Å². The number of carbonyl (C=O) groups excluding carboxylic acids is 2. The van der Waals surface area contributed by atoms with E-state index in [9.17, 15) is 27.9 Å². The van der Waals surface area contributed by atoms with Gasteiger partial charge in [0.15, 0.2) is 0 Å². The van der Waals surface area contributed by atoms with E-state index in [2.05, 4.69) is 15.4 Å². The fraction of sp³-hybridized carbons (Fsp3) is 0.257. The Morgan fingerprint density at radius 1 is 1.12 bits per heavy atom. The van der Waals surface area contributed by atoms with E-state index in [1.807, 2.05) is 0 Å². The van der Waals surface area contributed by atoms with Crippen LogP contribution in [0.4, 0.5) is 13.2 Å². The maximum Gasteiger partial charge on any atom is 0.251 e. The molecule has 3 heterocycles. The molecular weight excluding hydrogens is 698 g/mol. The van der Waals surface area contributed by atoms with E-state index >= 15 is 0 Å². The van der Waals surface area contributed by atoms with Crippen molar-refractivity contribution in [1.29, 1.82) is 0 Å². The van der Waals surface area contributed by atoms with Crippen molar-refractivity contribution in [2.24, 2.45) is 5.73 Å². The van der Waals surface area contributed by atoms with Crippen LogP contribution in [0.3, 0.4) is 0 Å². The summed E-state index contributed by atoms with van der Waals surface area (Å²) in [6.45, 7) is 0.840. The average molecular weight is 727 g/mol. The van der Waals surface area contributed by atoms with Gasteiger partial charge in [-0.25, -0.2) is 22.8 Å². The Kier molecular flexibility index (Phi) is 8.00. The molecule has 2 aliphatic rings. The molecule has 0 radical (unpaired) electrons. The van der Waals surface area contributed by atoms with Gasteiger partial charge in [-0.05, 0) is 55.0 Å². The number of nitrogens with two attached hydrogens (primary N) is 1. The smallest absolute Gasteiger partial charge is 0.251 e. The molecule has 7 rings (SSSR count). The Hall–Kier alpha value is -4.85. The number of primary amides is 1. The first-order valence-electron chi connectivity index (χ1n) is 15.3. The SMILES string of the molecule is COc1cc(C(=O)NC[C@@](O)(c2ccc(F)cc2)c2cc3c(c(-c4ccc(F)c(Cl)c4Cl)n2)OC[C@]3(C)C(N)=O)cc2cn(C3(F)CC3)nc12. The van der Waals surface area contributed by atoms with Crippen LogP contribution in [-0.4, -0.2) is 51.9 Å². The number of aromatic nitrogens is 3. The molecule has 0 unspecified atom stereocenters. The van der Waals surface area contributed by atoms with Gasteiger partial charge in [-0.1, -0.05) is 35.3 Å². The zero-order valence-electron chi connectivity index (χ0n) is 26.5. The lowest BCUT2D eigenvalue weighted by Crippen LogP contribution is -2.43. The first-order valence-corrected chi connectivity index (χ1v) is 16.1. The molecule has 3 aromatic carbocycles. The molecule has 2 amide bonds. The Morgan fingerprint density at radius 3 is 2.50 bits per heavy atom. The molecule has 10 nitrogen and oxygen atoms in total. The monoisotopic (exact) mass is 725 g/mol. The average Bonchev–Trinajstić information content (AvgIpc) is 3.53. The molecule has 1 fully saturated rings. The van der Waals surface area contributed by atoms with Crippen molar-refractivity contribution in [2.75, 3.05) is 20.3 Å². The van der Waals surface area contributed by atoms with Crippen LogP contribution in [-0.2, 0) is 21.6 Å². The maximum absolute atomic E-state index is 14.8. The number of benzene rings is 3. The molecule has 1 saturated carbocycles.